The van der Waals surface area contributed by atoms with Crippen molar-refractivity contribution in [1.82, 2.24) is 5.32 Å². The van der Waals surface area contributed by atoms with Gasteiger partial charge in [0.25, 0.3) is 0 Å². The van der Waals surface area contributed by atoms with E-state index in [-0.39, 0.29) is 19.2 Å². The summed E-state index contributed by atoms with van der Waals surface area (Å²) in [5.74, 6) is 2.06. The standard InChI is InChI=1S/C21H22N2O4/c1-25-18-9-5-4-8-17(18)23-21(24)14-22-12-6-2-3-7-16-10-11-19-20(13-16)27-15-26-19/h2-11,13,22H,12,14-15H2,1H3,(H,23,24)/b6-2+,7-3+. The molecule has 2 aromatic rings. The van der Waals surface area contributed by atoms with Crippen molar-refractivity contribution in [3.05, 3.63) is 66.3 Å². The number of anilines is 1. The van der Waals surface area contributed by atoms with E-state index >= 15 is 0 Å². The molecule has 0 aromatic heterocycles. The molecule has 0 atom stereocenters. The fourth-order valence-corrected chi connectivity index (χ4v) is 2.54. The number of nitrogens with one attached hydrogen (secondary N) is 2. The van der Waals surface area contributed by atoms with Crippen LogP contribution in [-0.2, 0) is 4.79 Å². The van der Waals surface area contributed by atoms with Crippen molar-refractivity contribution in [2.75, 3.05) is 32.3 Å². The molecule has 140 valence electrons. The molecule has 0 unspecified atom stereocenters. The number of carbonyl (C=O) groups is 1. The SMILES string of the molecule is COc1ccccc1NC(=O)CNC/C=C/C=C/c1ccc2c(c1)OCO2. The van der Waals surface area contributed by atoms with E-state index in [1.165, 1.54) is 0 Å². The molecule has 0 spiro atoms. The molecular formula is C21H22N2O4. The van der Waals surface area contributed by atoms with E-state index in [1.807, 2.05) is 54.6 Å². The van der Waals surface area contributed by atoms with Gasteiger partial charge in [-0.2, -0.15) is 0 Å². The number of benzene rings is 2. The van der Waals surface area contributed by atoms with Gasteiger partial charge in [0.05, 0.1) is 19.3 Å². The van der Waals surface area contributed by atoms with E-state index < -0.39 is 0 Å². The number of allylic oxidation sites excluding steroid dienone is 2. The minimum Gasteiger partial charge on any atom is -0.495 e. The van der Waals surface area contributed by atoms with Crippen molar-refractivity contribution in [3.63, 3.8) is 0 Å². The molecule has 0 bridgehead atoms. The lowest BCUT2D eigenvalue weighted by Gasteiger charge is -2.09. The van der Waals surface area contributed by atoms with Gasteiger partial charge in [-0.05, 0) is 29.8 Å². The molecule has 1 heterocycles. The number of rotatable bonds is 8. The molecule has 6 heteroatoms. The van der Waals surface area contributed by atoms with E-state index in [4.69, 9.17) is 14.2 Å². The zero-order chi connectivity index (χ0) is 18.9. The Morgan fingerprint density at radius 2 is 2.00 bits per heavy atom. The zero-order valence-corrected chi connectivity index (χ0v) is 15.1. The van der Waals surface area contributed by atoms with Crippen LogP contribution in [0.4, 0.5) is 5.69 Å². The van der Waals surface area contributed by atoms with Crippen molar-refractivity contribution in [3.8, 4) is 17.2 Å². The smallest absolute Gasteiger partial charge is 0.238 e. The Balaban J connectivity index is 1.37. The summed E-state index contributed by atoms with van der Waals surface area (Å²) in [5, 5.41) is 5.88. The van der Waals surface area contributed by atoms with Crippen molar-refractivity contribution < 1.29 is 19.0 Å². The highest BCUT2D eigenvalue weighted by molar-refractivity contribution is 5.93. The lowest BCUT2D eigenvalue weighted by molar-refractivity contribution is -0.115. The maximum Gasteiger partial charge on any atom is 0.238 e. The fraction of sp³-hybridized carbons (Fsp3) is 0.190. The second-order valence-electron chi connectivity index (χ2n) is 5.78. The number of para-hydroxylation sites is 2. The largest absolute Gasteiger partial charge is 0.495 e. The quantitative estimate of drug-likeness (QED) is 0.555. The first-order valence-electron chi connectivity index (χ1n) is 8.63. The number of hydrogen-bond donors (Lipinski definition) is 2. The first-order valence-corrected chi connectivity index (χ1v) is 8.63. The molecule has 0 saturated heterocycles. The van der Waals surface area contributed by atoms with Crippen LogP contribution in [0, 0.1) is 0 Å². The van der Waals surface area contributed by atoms with Crippen LogP contribution in [0.3, 0.4) is 0 Å². The Hall–Kier alpha value is -3.25. The maximum atomic E-state index is 12.0. The summed E-state index contributed by atoms with van der Waals surface area (Å²) in [6.07, 6.45) is 7.79. The highest BCUT2D eigenvalue weighted by atomic mass is 16.7. The summed E-state index contributed by atoms with van der Waals surface area (Å²) in [6, 6.07) is 13.1. The summed E-state index contributed by atoms with van der Waals surface area (Å²) >= 11 is 0. The van der Waals surface area contributed by atoms with E-state index in [1.54, 1.807) is 19.2 Å². The molecule has 6 nitrogen and oxygen atoms in total. The Labute approximate surface area is 158 Å². The Morgan fingerprint density at radius 3 is 2.89 bits per heavy atom. The Bertz CT molecular complexity index is 846. The number of carbonyl (C=O) groups excluding carboxylic acids is 1. The van der Waals surface area contributed by atoms with Crippen LogP contribution in [0.5, 0.6) is 17.2 Å². The van der Waals surface area contributed by atoms with Gasteiger partial charge in [0.15, 0.2) is 11.5 Å². The molecule has 0 aliphatic carbocycles. The summed E-state index contributed by atoms with van der Waals surface area (Å²) in [4.78, 5) is 12.0. The molecule has 0 radical (unpaired) electrons. The predicted octanol–water partition coefficient (Wildman–Crippen LogP) is 3.22. The van der Waals surface area contributed by atoms with Crippen molar-refractivity contribution >= 4 is 17.7 Å². The molecular weight excluding hydrogens is 344 g/mol. The predicted molar refractivity (Wildman–Crippen MR) is 105 cm³/mol. The lowest BCUT2D eigenvalue weighted by atomic mass is 10.2. The van der Waals surface area contributed by atoms with E-state index in [2.05, 4.69) is 10.6 Å². The molecule has 2 aromatic carbocycles. The third-order valence-electron chi connectivity index (χ3n) is 3.86. The van der Waals surface area contributed by atoms with Gasteiger partial charge in [-0.15, -0.1) is 0 Å². The van der Waals surface area contributed by atoms with Gasteiger partial charge < -0.3 is 24.8 Å². The molecule has 27 heavy (non-hydrogen) atoms. The fourth-order valence-electron chi connectivity index (χ4n) is 2.54. The number of ether oxygens (including phenoxy) is 3. The van der Waals surface area contributed by atoms with Crippen molar-refractivity contribution in [2.45, 2.75) is 0 Å². The van der Waals surface area contributed by atoms with Crippen molar-refractivity contribution in [2.24, 2.45) is 0 Å². The first-order chi connectivity index (χ1) is 13.3. The average molecular weight is 366 g/mol. The van der Waals surface area contributed by atoms with Gasteiger partial charge in [-0.3, -0.25) is 4.79 Å². The van der Waals surface area contributed by atoms with Crippen LogP contribution in [0.2, 0.25) is 0 Å². The highest BCUT2D eigenvalue weighted by Crippen LogP contribution is 2.32. The van der Waals surface area contributed by atoms with E-state index in [9.17, 15) is 4.79 Å². The first kappa shape index (κ1) is 18.5. The van der Waals surface area contributed by atoms with E-state index in [0.29, 0.717) is 18.0 Å². The monoisotopic (exact) mass is 366 g/mol. The topological polar surface area (TPSA) is 68.8 Å². The molecule has 1 aliphatic rings. The van der Waals surface area contributed by atoms with Crippen LogP contribution < -0.4 is 24.8 Å². The highest BCUT2D eigenvalue weighted by Gasteiger charge is 2.11. The summed E-state index contributed by atoms with van der Waals surface area (Å²) in [6.45, 7) is 1.08. The summed E-state index contributed by atoms with van der Waals surface area (Å²) < 4.78 is 15.8. The summed E-state index contributed by atoms with van der Waals surface area (Å²) in [7, 11) is 1.57. The number of fused-ring (bicyclic) bond motifs is 1. The average Bonchev–Trinajstić information content (AvgIpc) is 3.15. The maximum absolute atomic E-state index is 12.0. The molecule has 0 fully saturated rings. The molecule has 1 aliphatic heterocycles. The van der Waals surface area contributed by atoms with Crippen molar-refractivity contribution in [1.29, 1.82) is 0 Å². The van der Waals surface area contributed by atoms with E-state index in [0.717, 1.165) is 17.1 Å². The van der Waals surface area contributed by atoms with Crippen LogP contribution >= 0.6 is 0 Å². The number of hydrogen-bond acceptors (Lipinski definition) is 5. The van der Waals surface area contributed by atoms with Crippen LogP contribution in [0.15, 0.2) is 60.7 Å². The van der Waals surface area contributed by atoms with Gasteiger partial charge in [0.1, 0.15) is 5.75 Å². The summed E-state index contributed by atoms with van der Waals surface area (Å²) in [5.41, 5.74) is 1.70. The number of amides is 1. The third kappa shape index (κ3) is 5.36. The van der Waals surface area contributed by atoms with Gasteiger partial charge in [-0.1, -0.05) is 42.5 Å². The number of methoxy groups -OCH3 is 1. The normalized spacial score (nSPS) is 12.6. The van der Waals surface area contributed by atoms with Crippen LogP contribution in [-0.4, -0.2) is 32.9 Å². The third-order valence-corrected chi connectivity index (χ3v) is 3.86. The van der Waals surface area contributed by atoms with Gasteiger partial charge in [-0.25, -0.2) is 0 Å². The van der Waals surface area contributed by atoms with Gasteiger partial charge in [0, 0.05) is 6.54 Å². The molecule has 3 rings (SSSR count). The van der Waals surface area contributed by atoms with Gasteiger partial charge >= 0.3 is 0 Å². The van der Waals surface area contributed by atoms with Crippen LogP contribution in [0.1, 0.15) is 5.56 Å². The lowest BCUT2D eigenvalue weighted by Crippen LogP contribution is -2.28. The molecule has 0 saturated carbocycles. The zero-order valence-electron chi connectivity index (χ0n) is 15.1. The minimum atomic E-state index is -0.121. The van der Waals surface area contributed by atoms with Crippen LogP contribution in [0.25, 0.3) is 6.08 Å². The second kappa shape index (κ2) is 9.45. The minimum absolute atomic E-state index is 0.121. The Morgan fingerprint density at radius 1 is 1.15 bits per heavy atom. The Kier molecular flexibility index (Phi) is 6.49. The molecule has 2 N–H and O–H groups in total. The second-order valence-corrected chi connectivity index (χ2v) is 5.78. The van der Waals surface area contributed by atoms with Gasteiger partial charge in [0.2, 0.25) is 12.7 Å². The molecule has 1 amide bonds.